The summed E-state index contributed by atoms with van der Waals surface area (Å²) in [6.45, 7) is 7.19. The molecule has 31 heavy (non-hydrogen) atoms. The molecule has 0 radical (unpaired) electrons. The predicted octanol–water partition coefficient (Wildman–Crippen LogP) is 6.06. The first-order valence-corrected chi connectivity index (χ1v) is 11.2. The molecule has 0 spiro atoms. The van der Waals surface area contributed by atoms with Crippen LogP contribution in [0.25, 0.3) is 10.2 Å². The number of ether oxygens (including phenoxy) is 1. The lowest BCUT2D eigenvalue weighted by atomic mass is 10.0. The van der Waals surface area contributed by atoms with E-state index < -0.39 is 0 Å². The molecule has 0 aliphatic heterocycles. The van der Waals surface area contributed by atoms with E-state index >= 15 is 0 Å². The highest BCUT2D eigenvalue weighted by Crippen LogP contribution is 2.34. The summed E-state index contributed by atoms with van der Waals surface area (Å²) in [5.74, 6) is 0.987. The van der Waals surface area contributed by atoms with Crippen molar-refractivity contribution >= 4 is 32.6 Å². The number of hydrogen-bond donors (Lipinski definition) is 0. The number of benzene rings is 2. The maximum atomic E-state index is 13.5. The first-order valence-electron chi connectivity index (χ1n) is 10.4. The van der Waals surface area contributed by atoms with Gasteiger partial charge in [0.1, 0.15) is 5.75 Å². The standard InChI is InChI=1S/C25H25N3O2S/c1-4-30-20-13-11-18(12-14-20)24(29)28(16-19-8-5-6-15-26-19)25-27-23-21(17(2)3)9-7-10-22(23)31-25/h5-15,17H,4,16H2,1-3H3. The average Bonchev–Trinajstić information content (AvgIpc) is 3.22. The Hall–Kier alpha value is -3.25. The van der Waals surface area contributed by atoms with E-state index in [1.807, 2.05) is 37.3 Å². The number of nitrogens with zero attached hydrogens (tertiary/aromatic N) is 3. The molecule has 0 bridgehead atoms. The minimum absolute atomic E-state index is 0.112. The van der Waals surface area contributed by atoms with E-state index in [2.05, 4.69) is 37.0 Å². The lowest BCUT2D eigenvalue weighted by molar-refractivity contribution is 0.0985. The topological polar surface area (TPSA) is 55.3 Å². The van der Waals surface area contributed by atoms with Crippen LogP contribution in [0.2, 0.25) is 0 Å². The summed E-state index contributed by atoms with van der Waals surface area (Å²) in [7, 11) is 0. The number of hydrogen-bond acceptors (Lipinski definition) is 5. The number of para-hydroxylation sites is 1. The van der Waals surface area contributed by atoms with Gasteiger partial charge in [-0.05, 0) is 60.9 Å². The second-order valence-electron chi connectivity index (χ2n) is 7.51. The van der Waals surface area contributed by atoms with Gasteiger partial charge in [-0.15, -0.1) is 0 Å². The van der Waals surface area contributed by atoms with Crippen LogP contribution < -0.4 is 9.64 Å². The van der Waals surface area contributed by atoms with Crippen LogP contribution in [0.15, 0.2) is 66.9 Å². The fourth-order valence-electron chi connectivity index (χ4n) is 3.44. The van der Waals surface area contributed by atoms with Gasteiger partial charge in [0.15, 0.2) is 5.13 Å². The van der Waals surface area contributed by atoms with Crippen LogP contribution in [0.5, 0.6) is 5.75 Å². The van der Waals surface area contributed by atoms with Crippen molar-refractivity contribution < 1.29 is 9.53 Å². The van der Waals surface area contributed by atoms with Gasteiger partial charge in [0.2, 0.25) is 0 Å². The third-order valence-electron chi connectivity index (χ3n) is 5.00. The number of amides is 1. The Labute approximate surface area is 186 Å². The molecule has 0 saturated carbocycles. The number of thiazole rings is 1. The first-order chi connectivity index (χ1) is 15.1. The number of carbonyl (C=O) groups is 1. The van der Waals surface area contributed by atoms with E-state index in [9.17, 15) is 4.79 Å². The Kier molecular flexibility index (Phi) is 6.28. The van der Waals surface area contributed by atoms with Crippen molar-refractivity contribution in [2.45, 2.75) is 33.2 Å². The molecular weight excluding hydrogens is 406 g/mol. The molecular formula is C25H25N3O2S. The predicted molar refractivity (Wildman–Crippen MR) is 126 cm³/mol. The van der Waals surface area contributed by atoms with Crippen LogP contribution in [0.1, 0.15) is 48.3 Å². The van der Waals surface area contributed by atoms with Gasteiger partial charge in [-0.1, -0.05) is 43.4 Å². The molecule has 2 aromatic carbocycles. The Balaban J connectivity index is 1.75. The summed E-state index contributed by atoms with van der Waals surface area (Å²) in [6, 6.07) is 19.2. The van der Waals surface area contributed by atoms with Gasteiger partial charge in [0.05, 0.1) is 29.1 Å². The maximum absolute atomic E-state index is 13.5. The number of aromatic nitrogens is 2. The van der Waals surface area contributed by atoms with Crippen LogP contribution in [-0.2, 0) is 6.54 Å². The molecule has 1 amide bonds. The molecule has 5 nitrogen and oxygen atoms in total. The molecule has 0 fully saturated rings. The molecule has 0 unspecified atom stereocenters. The lowest BCUT2D eigenvalue weighted by Crippen LogP contribution is -2.30. The monoisotopic (exact) mass is 431 g/mol. The van der Waals surface area contributed by atoms with E-state index in [1.165, 1.54) is 16.9 Å². The van der Waals surface area contributed by atoms with Gasteiger partial charge in [-0.2, -0.15) is 0 Å². The van der Waals surface area contributed by atoms with Gasteiger partial charge in [-0.3, -0.25) is 14.7 Å². The highest BCUT2D eigenvalue weighted by atomic mass is 32.1. The average molecular weight is 432 g/mol. The van der Waals surface area contributed by atoms with Crippen molar-refractivity contribution in [3.63, 3.8) is 0 Å². The Morgan fingerprint density at radius 2 is 1.87 bits per heavy atom. The van der Waals surface area contributed by atoms with Crippen molar-refractivity contribution in [1.82, 2.24) is 9.97 Å². The van der Waals surface area contributed by atoms with Crippen molar-refractivity contribution in [3.8, 4) is 5.75 Å². The second kappa shape index (κ2) is 9.27. The van der Waals surface area contributed by atoms with Crippen molar-refractivity contribution in [2.75, 3.05) is 11.5 Å². The van der Waals surface area contributed by atoms with E-state index in [0.29, 0.717) is 29.8 Å². The number of rotatable bonds is 7. The highest BCUT2D eigenvalue weighted by molar-refractivity contribution is 7.22. The molecule has 2 aromatic heterocycles. The third kappa shape index (κ3) is 4.59. The van der Waals surface area contributed by atoms with Gasteiger partial charge >= 0.3 is 0 Å². The summed E-state index contributed by atoms with van der Waals surface area (Å²) in [5, 5.41) is 0.674. The molecule has 0 aliphatic rings. The summed E-state index contributed by atoms with van der Waals surface area (Å²) in [5.41, 5.74) is 3.54. The zero-order valence-corrected chi connectivity index (χ0v) is 18.7. The van der Waals surface area contributed by atoms with Gasteiger partial charge in [0, 0.05) is 11.8 Å². The third-order valence-corrected chi connectivity index (χ3v) is 6.04. The van der Waals surface area contributed by atoms with Crippen LogP contribution in [0.3, 0.4) is 0 Å². The van der Waals surface area contributed by atoms with Crippen LogP contribution >= 0.6 is 11.3 Å². The Morgan fingerprint density at radius 1 is 1.06 bits per heavy atom. The molecule has 4 rings (SSSR count). The lowest BCUT2D eigenvalue weighted by Gasteiger charge is -2.20. The largest absolute Gasteiger partial charge is 0.494 e. The summed E-state index contributed by atoms with van der Waals surface area (Å²) >= 11 is 1.53. The number of carbonyl (C=O) groups excluding carboxylic acids is 1. The minimum atomic E-state index is -0.112. The van der Waals surface area contributed by atoms with Crippen molar-refractivity contribution in [2.24, 2.45) is 0 Å². The quantitative estimate of drug-likeness (QED) is 0.357. The summed E-state index contributed by atoms with van der Waals surface area (Å²) < 4.78 is 6.59. The van der Waals surface area contributed by atoms with Crippen molar-refractivity contribution in [3.05, 3.63) is 83.7 Å². The van der Waals surface area contributed by atoms with E-state index in [-0.39, 0.29) is 5.91 Å². The fraction of sp³-hybridized carbons (Fsp3) is 0.240. The van der Waals surface area contributed by atoms with Crippen molar-refractivity contribution in [1.29, 1.82) is 0 Å². The molecule has 2 heterocycles. The smallest absolute Gasteiger partial charge is 0.260 e. The highest BCUT2D eigenvalue weighted by Gasteiger charge is 2.23. The maximum Gasteiger partial charge on any atom is 0.260 e. The van der Waals surface area contributed by atoms with Gasteiger partial charge in [-0.25, -0.2) is 4.98 Å². The van der Waals surface area contributed by atoms with Crippen LogP contribution in [0.4, 0.5) is 5.13 Å². The normalized spacial score (nSPS) is 11.1. The second-order valence-corrected chi connectivity index (χ2v) is 8.52. The zero-order chi connectivity index (χ0) is 21.8. The molecule has 4 aromatic rings. The van der Waals surface area contributed by atoms with Gasteiger partial charge in [0.25, 0.3) is 5.91 Å². The fourth-order valence-corrected chi connectivity index (χ4v) is 4.43. The Bertz CT molecular complexity index is 1170. The SMILES string of the molecule is CCOc1ccc(C(=O)N(Cc2ccccn2)c2nc3c(C(C)C)cccc3s2)cc1. The van der Waals surface area contributed by atoms with E-state index in [1.54, 1.807) is 23.2 Å². The molecule has 0 aliphatic carbocycles. The summed E-state index contributed by atoms with van der Waals surface area (Å²) in [4.78, 5) is 24.6. The van der Waals surface area contributed by atoms with Crippen LogP contribution in [-0.4, -0.2) is 22.5 Å². The minimum Gasteiger partial charge on any atom is -0.494 e. The summed E-state index contributed by atoms with van der Waals surface area (Å²) in [6.07, 6.45) is 1.74. The van der Waals surface area contributed by atoms with Gasteiger partial charge < -0.3 is 4.74 Å². The molecule has 0 N–H and O–H groups in total. The van der Waals surface area contributed by atoms with E-state index in [4.69, 9.17) is 9.72 Å². The van der Waals surface area contributed by atoms with Crippen LogP contribution in [0, 0.1) is 0 Å². The van der Waals surface area contributed by atoms with E-state index in [0.717, 1.165) is 21.7 Å². The molecule has 158 valence electrons. The molecule has 0 atom stereocenters. The first kappa shape index (κ1) is 21.0. The molecule has 0 saturated heterocycles. The molecule has 6 heteroatoms. The zero-order valence-electron chi connectivity index (χ0n) is 17.9. The Morgan fingerprint density at radius 3 is 2.55 bits per heavy atom. The number of fused-ring (bicyclic) bond motifs is 1. The number of anilines is 1. The number of pyridine rings is 1.